The zero-order valence-electron chi connectivity index (χ0n) is 27.3. The third kappa shape index (κ3) is 10.3. The van der Waals surface area contributed by atoms with E-state index in [1.807, 2.05) is 73.6 Å². The molecule has 3 aromatic rings. The molecule has 44 heavy (non-hydrogen) atoms. The molecule has 1 N–H and O–H groups in total. The first kappa shape index (κ1) is 36.2. The van der Waals surface area contributed by atoms with Crippen LogP contribution >= 0.6 is 0 Å². The van der Waals surface area contributed by atoms with Crippen LogP contribution in [-0.2, 0) is 14.2 Å². The Hall–Kier alpha value is -3.97. The van der Waals surface area contributed by atoms with Crippen molar-refractivity contribution in [1.82, 2.24) is 0 Å². The molecule has 2 atom stereocenters. The summed E-state index contributed by atoms with van der Waals surface area (Å²) >= 11 is 0. The lowest BCUT2D eigenvalue weighted by atomic mass is 9.74. The first-order chi connectivity index (χ1) is 20.6. The molecule has 0 aliphatic heterocycles. The van der Waals surface area contributed by atoms with E-state index in [1.165, 1.54) is 0 Å². The van der Waals surface area contributed by atoms with E-state index in [0.29, 0.717) is 23.1 Å². The van der Waals surface area contributed by atoms with Gasteiger partial charge in [-0.05, 0) is 55.7 Å². The van der Waals surface area contributed by atoms with E-state index in [9.17, 15) is 19.5 Å². The number of rotatable bonds is 12. The molecule has 0 bridgehead atoms. The van der Waals surface area contributed by atoms with E-state index in [2.05, 4.69) is 0 Å². The Kier molecular flexibility index (Phi) is 13.3. The second kappa shape index (κ2) is 16.2. The molecule has 3 aromatic carbocycles. The van der Waals surface area contributed by atoms with Crippen molar-refractivity contribution < 1.29 is 33.7 Å². The molecule has 0 fully saturated rings. The number of carbonyl (C=O) groups excluding carboxylic acids is 3. The number of aliphatic hydroxyl groups excluding tert-OH is 1. The number of hydrogen-bond donors (Lipinski definition) is 1. The number of benzene rings is 3. The molecule has 0 amide bonds. The molecule has 7 nitrogen and oxygen atoms in total. The van der Waals surface area contributed by atoms with Crippen LogP contribution < -0.4 is 0 Å². The van der Waals surface area contributed by atoms with E-state index in [4.69, 9.17) is 14.2 Å². The lowest BCUT2D eigenvalue weighted by Crippen LogP contribution is -2.48. The van der Waals surface area contributed by atoms with Crippen LogP contribution in [-0.4, -0.2) is 47.9 Å². The summed E-state index contributed by atoms with van der Waals surface area (Å²) in [4.78, 5) is 36.5. The molecule has 238 valence electrons. The SMILES string of the molecule is CC(C)C(O)C(C)(C)COC(=O)c1ccccc1.CCC(C)(OC(=O)c1ccccc1)C(C)(C)COC(=O)c1ccccc1. The standard InChI is InChI=1S/C22H26O4.C15H22O3/c1-5-22(4,26-20(24)18-14-10-7-11-15-18)21(2,3)16-25-19(23)17-12-8-6-9-13-17;1-11(2)13(16)15(3,4)10-18-14(17)12-8-6-5-7-9-12/h6-15H,5,16H2,1-4H3;5-9,11,13,16H,10H2,1-4H3. The maximum absolute atomic E-state index is 12.5. The van der Waals surface area contributed by atoms with E-state index in [0.717, 1.165) is 0 Å². The molecule has 3 rings (SSSR count). The Labute approximate surface area is 262 Å². The summed E-state index contributed by atoms with van der Waals surface area (Å²) in [5, 5.41) is 10.0. The predicted molar refractivity (Wildman–Crippen MR) is 172 cm³/mol. The number of hydrogen-bond acceptors (Lipinski definition) is 7. The Balaban J connectivity index is 0.000000329. The van der Waals surface area contributed by atoms with Crippen LogP contribution in [0.3, 0.4) is 0 Å². The molecule has 0 spiro atoms. The zero-order valence-corrected chi connectivity index (χ0v) is 27.3. The molecular weight excluding hydrogens is 556 g/mol. The first-order valence-electron chi connectivity index (χ1n) is 15.0. The normalized spacial score (nSPS) is 13.5. The van der Waals surface area contributed by atoms with Gasteiger partial charge >= 0.3 is 17.9 Å². The quantitative estimate of drug-likeness (QED) is 0.166. The fourth-order valence-electron chi connectivity index (χ4n) is 4.48. The minimum atomic E-state index is -0.781. The van der Waals surface area contributed by atoms with Gasteiger partial charge in [-0.15, -0.1) is 0 Å². The summed E-state index contributed by atoms with van der Waals surface area (Å²) in [5.41, 5.74) is -0.244. The van der Waals surface area contributed by atoms with Crippen LogP contribution in [0.25, 0.3) is 0 Å². The number of ether oxygens (including phenoxy) is 3. The van der Waals surface area contributed by atoms with E-state index < -0.39 is 22.5 Å². The molecule has 0 heterocycles. The topological polar surface area (TPSA) is 99.1 Å². The minimum absolute atomic E-state index is 0.135. The molecule has 0 radical (unpaired) electrons. The van der Waals surface area contributed by atoms with Crippen molar-refractivity contribution in [3.8, 4) is 0 Å². The summed E-state index contributed by atoms with van der Waals surface area (Å²) in [7, 11) is 0. The number of esters is 3. The zero-order chi connectivity index (χ0) is 33.0. The Morgan fingerprint density at radius 1 is 0.636 bits per heavy atom. The number of aliphatic hydroxyl groups is 1. The highest BCUT2D eigenvalue weighted by atomic mass is 16.6. The smallest absolute Gasteiger partial charge is 0.338 e. The lowest BCUT2D eigenvalue weighted by molar-refractivity contribution is -0.0969. The molecule has 7 heteroatoms. The highest BCUT2D eigenvalue weighted by Crippen LogP contribution is 2.38. The van der Waals surface area contributed by atoms with Crippen LogP contribution in [0.5, 0.6) is 0 Å². The third-order valence-corrected chi connectivity index (χ3v) is 8.02. The van der Waals surface area contributed by atoms with Gasteiger partial charge in [0.1, 0.15) is 12.2 Å². The highest BCUT2D eigenvalue weighted by molar-refractivity contribution is 5.90. The second-order valence-corrected chi connectivity index (χ2v) is 12.8. The lowest BCUT2D eigenvalue weighted by Gasteiger charge is -2.42. The minimum Gasteiger partial charge on any atom is -0.461 e. The maximum atomic E-state index is 12.5. The van der Waals surface area contributed by atoms with Gasteiger partial charge in [-0.1, -0.05) is 103 Å². The molecule has 2 unspecified atom stereocenters. The van der Waals surface area contributed by atoms with Crippen molar-refractivity contribution in [2.75, 3.05) is 13.2 Å². The molecule has 0 aliphatic rings. The van der Waals surface area contributed by atoms with Crippen LogP contribution in [0.2, 0.25) is 0 Å². The van der Waals surface area contributed by atoms with E-state index in [1.54, 1.807) is 72.8 Å². The highest BCUT2D eigenvalue weighted by Gasteiger charge is 2.44. The van der Waals surface area contributed by atoms with Crippen LogP contribution in [0.1, 0.15) is 92.9 Å². The monoisotopic (exact) mass is 604 g/mol. The molecular formula is C37H48O7. The third-order valence-electron chi connectivity index (χ3n) is 8.02. The van der Waals surface area contributed by atoms with Crippen molar-refractivity contribution in [2.45, 2.75) is 73.5 Å². The fraction of sp³-hybridized carbons (Fsp3) is 0.432. The average molecular weight is 605 g/mol. The number of carbonyl (C=O) groups is 3. The van der Waals surface area contributed by atoms with Gasteiger partial charge in [-0.3, -0.25) is 0 Å². The van der Waals surface area contributed by atoms with Crippen molar-refractivity contribution in [3.63, 3.8) is 0 Å². The molecule has 0 saturated carbocycles. The Bertz CT molecular complexity index is 1320. The van der Waals surface area contributed by atoms with Crippen molar-refractivity contribution in [3.05, 3.63) is 108 Å². The molecule has 0 saturated heterocycles. The summed E-state index contributed by atoms with van der Waals surface area (Å²) in [6.45, 7) is 15.8. The van der Waals surface area contributed by atoms with E-state index in [-0.39, 0.29) is 37.0 Å². The molecule has 0 aliphatic carbocycles. The predicted octanol–water partition coefficient (Wildman–Crippen LogP) is 7.78. The van der Waals surface area contributed by atoms with Gasteiger partial charge in [-0.25, -0.2) is 14.4 Å². The van der Waals surface area contributed by atoms with Gasteiger partial charge in [0, 0.05) is 10.8 Å². The van der Waals surface area contributed by atoms with E-state index >= 15 is 0 Å². The van der Waals surface area contributed by atoms with Gasteiger partial charge in [0.25, 0.3) is 0 Å². The van der Waals surface area contributed by atoms with Gasteiger partial charge < -0.3 is 19.3 Å². The Morgan fingerprint density at radius 2 is 1.00 bits per heavy atom. The Morgan fingerprint density at radius 3 is 1.36 bits per heavy atom. The molecule has 0 aromatic heterocycles. The first-order valence-corrected chi connectivity index (χ1v) is 15.0. The second-order valence-electron chi connectivity index (χ2n) is 12.8. The largest absolute Gasteiger partial charge is 0.461 e. The van der Waals surface area contributed by atoms with Crippen LogP contribution in [0.4, 0.5) is 0 Å². The summed E-state index contributed by atoms with van der Waals surface area (Å²) in [5.74, 6) is -0.973. The van der Waals surface area contributed by atoms with Gasteiger partial charge in [-0.2, -0.15) is 0 Å². The van der Waals surface area contributed by atoms with Gasteiger partial charge in [0.2, 0.25) is 0 Å². The fourth-order valence-corrected chi connectivity index (χ4v) is 4.48. The summed E-state index contributed by atoms with van der Waals surface area (Å²) in [6.07, 6.45) is 0.0997. The van der Waals surface area contributed by atoms with Gasteiger partial charge in [0.15, 0.2) is 0 Å². The summed E-state index contributed by atoms with van der Waals surface area (Å²) in [6, 6.07) is 26.6. The maximum Gasteiger partial charge on any atom is 0.338 e. The van der Waals surface area contributed by atoms with Gasteiger partial charge in [0.05, 0.1) is 29.4 Å². The summed E-state index contributed by atoms with van der Waals surface area (Å²) < 4.78 is 16.6. The van der Waals surface area contributed by atoms with Crippen LogP contribution in [0.15, 0.2) is 91.0 Å². The average Bonchev–Trinajstić information content (AvgIpc) is 3.03. The van der Waals surface area contributed by atoms with Crippen LogP contribution in [0, 0.1) is 16.7 Å². The van der Waals surface area contributed by atoms with Crippen molar-refractivity contribution in [1.29, 1.82) is 0 Å². The van der Waals surface area contributed by atoms with Crippen molar-refractivity contribution in [2.24, 2.45) is 16.7 Å². The van der Waals surface area contributed by atoms with Crippen molar-refractivity contribution >= 4 is 17.9 Å².